The molecule has 6 heteroatoms. The first-order chi connectivity index (χ1) is 8.22. The lowest BCUT2D eigenvalue weighted by molar-refractivity contribution is 0.204. The van der Waals surface area contributed by atoms with Crippen LogP contribution in [0.2, 0.25) is 0 Å². The summed E-state index contributed by atoms with van der Waals surface area (Å²) in [6.07, 6.45) is 1.70. The van der Waals surface area contributed by atoms with Crippen LogP contribution in [0.3, 0.4) is 0 Å². The van der Waals surface area contributed by atoms with Gasteiger partial charge in [0.1, 0.15) is 0 Å². The number of benzene rings is 1. The van der Waals surface area contributed by atoms with Gasteiger partial charge < -0.3 is 10.1 Å². The van der Waals surface area contributed by atoms with Gasteiger partial charge in [0, 0.05) is 18.1 Å². The lowest BCUT2D eigenvalue weighted by atomic mass is 10.2. The Morgan fingerprint density at radius 3 is 3.12 bits per heavy atom. The van der Waals surface area contributed by atoms with E-state index in [1.54, 1.807) is 13.3 Å². The molecular formula is C11H14BrN3OS. The Morgan fingerprint density at radius 2 is 2.41 bits per heavy atom. The van der Waals surface area contributed by atoms with Crippen LogP contribution in [0.4, 0.5) is 0 Å². The molecular weight excluding hydrogens is 302 g/mol. The number of ether oxygens (including phenoxy) is 1. The normalized spacial score (nSPS) is 10.5. The van der Waals surface area contributed by atoms with Crippen molar-refractivity contribution in [3.63, 3.8) is 0 Å². The topological polar surface area (TPSA) is 45.6 Å². The summed E-state index contributed by atoms with van der Waals surface area (Å²) in [5.74, 6) is 0. The van der Waals surface area contributed by atoms with Crippen molar-refractivity contribution in [2.75, 3.05) is 20.3 Å². The number of nitrogens with one attached hydrogen (secondary N) is 2. The van der Waals surface area contributed by atoms with Crippen molar-refractivity contribution in [2.24, 2.45) is 5.10 Å². The molecule has 0 aliphatic heterocycles. The van der Waals surface area contributed by atoms with E-state index in [1.165, 1.54) is 0 Å². The molecule has 92 valence electrons. The van der Waals surface area contributed by atoms with Gasteiger partial charge in [-0.2, -0.15) is 5.10 Å². The molecule has 0 aliphatic rings. The lowest BCUT2D eigenvalue weighted by Crippen LogP contribution is -2.34. The molecule has 0 saturated carbocycles. The van der Waals surface area contributed by atoms with Crippen molar-refractivity contribution in [3.8, 4) is 0 Å². The van der Waals surface area contributed by atoms with E-state index in [0.29, 0.717) is 18.3 Å². The molecule has 17 heavy (non-hydrogen) atoms. The minimum Gasteiger partial charge on any atom is -0.383 e. The molecule has 0 saturated heterocycles. The largest absolute Gasteiger partial charge is 0.383 e. The molecule has 1 rings (SSSR count). The first-order valence-corrected chi connectivity index (χ1v) is 6.24. The average Bonchev–Trinajstić information content (AvgIpc) is 2.29. The maximum atomic E-state index is 5.01. The van der Waals surface area contributed by atoms with Crippen molar-refractivity contribution in [3.05, 3.63) is 34.3 Å². The third-order valence-corrected chi connectivity index (χ3v) is 2.55. The first-order valence-electron chi connectivity index (χ1n) is 5.04. The second-order valence-electron chi connectivity index (χ2n) is 3.17. The fraction of sp³-hybridized carbons (Fsp3) is 0.273. The molecule has 0 aromatic heterocycles. The van der Waals surface area contributed by atoms with Crippen LogP contribution in [-0.4, -0.2) is 31.6 Å². The standard InChI is InChI=1S/C11H14BrN3OS/c1-16-6-5-13-11(17)15-14-8-9-3-2-4-10(12)7-9/h2-4,7-8H,5-6H2,1H3,(H2,13,15,17)/b14-8+. The Hall–Kier alpha value is -0.980. The quantitative estimate of drug-likeness (QED) is 0.377. The maximum Gasteiger partial charge on any atom is 0.187 e. The number of hydrogen-bond donors (Lipinski definition) is 2. The van der Waals surface area contributed by atoms with E-state index in [4.69, 9.17) is 17.0 Å². The van der Waals surface area contributed by atoms with Gasteiger partial charge in [-0.15, -0.1) is 0 Å². The second kappa shape index (κ2) is 8.16. The Morgan fingerprint density at radius 1 is 1.59 bits per heavy atom. The van der Waals surface area contributed by atoms with Crippen LogP contribution in [0.25, 0.3) is 0 Å². The maximum absolute atomic E-state index is 5.01. The summed E-state index contributed by atoms with van der Waals surface area (Å²) in [6.45, 7) is 1.27. The van der Waals surface area contributed by atoms with Crippen molar-refractivity contribution in [1.82, 2.24) is 10.7 Å². The fourth-order valence-electron chi connectivity index (χ4n) is 1.06. The average molecular weight is 316 g/mol. The molecule has 0 fully saturated rings. The second-order valence-corrected chi connectivity index (χ2v) is 4.50. The van der Waals surface area contributed by atoms with Gasteiger partial charge in [0.25, 0.3) is 0 Å². The predicted octanol–water partition coefficient (Wildman–Crippen LogP) is 1.89. The summed E-state index contributed by atoms with van der Waals surface area (Å²) < 4.78 is 5.90. The smallest absolute Gasteiger partial charge is 0.187 e. The Labute approximate surface area is 115 Å². The Balaban J connectivity index is 2.32. The zero-order valence-electron chi connectivity index (χ0n) is 9.44. The summed E-state index contributed by atoms with van der Waals surface area (Å²) >= 11 is 8.40. The molecule has 0 radical (unpaired) electrons. The van der Waals surface area contributed by atoms with Gasteiger partial charge in [-0.1, -0.05) is 28.1 Å². The van der Waals surface area contributed by atoms with E-state index in [2.05, 4.69) is 31.8 Å². The number of methoxy groups -OCH3 is 1. The molecule has 0 amide bonds. The molecule has 0 unspecified atom stereocenters. The van der Waals surface area contributed by atoms with Crippen LogP contribution < -0.4 is 10.7 Å². The van der Waals surface area contributed by atoms with Crippen LogP contribution in [0.15, 0.2) is 33.8 Å². The minimum atomic E-state index is 0.480. The summed E-state index contributed by atoms with van der Waals surface area (Å²) in [5.41, 5.74) is 3.72. The number of nitrogens with zero attached hydrogens (tertiary/aromatic N) is 1. The van der Waals surface area contributed by atoms with Gasteiger partial charge in [-0.05, 0) is 29.9 Å². The number of hydrazone groups is 1. The highest BCUT2D eigenvalue weighted by atomic mass is 79.9. The summed E-state index contributed by atoms with van der Waals surface area (Å²) in [7, 11) is 1.64. The van der Waals surface area contributed by atoms with E-state index < -0.39 is 0 Å². The van der Waals surface area contributed by atoms with Crippen molar-refractivity contribution in [1.29, 1.82) is 0 Å². The first kappa shape index (κ1) is 14.1. The van der Waals surface area contributed by atoms with Crippen molar-refractivity contribution >= 4 is 39.5 Å². The van der Waals surface area contributed by atoms with E-state index >= 15 is 0 Å². The molecule has 1 aromatic rings. The Bertz CT molecular complexity index is 398. The molecule has 1 aromatic carbocycles. The molecule has 0 atom stereocenters. The fourth-order valence-corrected chi connectivity index (χ4v) is 1.63. The van der Waals surface area contributed by atoms with Gasteiger partial charge in [0.15, 0.2) is 5.11 Å². The van der Waals surface area contributed by atoms with Crippen molar-refractivity contribution < 1.29 is 4.74 Å². The van der Waals surface area contributed by atoms with Gasteiger partial charge in [0.05, 0.1) is 12.8 Å². The van der Waals surface area contributed by atoms with Gasteiger partial charge in [-0.25, -0.2) is 0 Å². The van der Waals surface area contributed by atoms with E-state index in [1.807, 2.05) is 24.3 Å². The summed E-state index contributed by atoms with van der Waals surface area (Å²) in [6, 6.07) is 7.83. The monoisotopic (exact) mass is 315 g/mol. The van der Waals surface area contributed by atoms with Gasteiger partial charge >= 0.3 is 0 Å². The van der Waals surface area contributed by atoms with E-state index in [0.717, 1.165) is 10.0 Å². The van der Waals surface area contributed by atoms with Gasteiger partial charge in [0.2, 0.25) is 0 Å². The zero-order chi connectivity index (χ0) is 12.5. The van der Waals surface area contributed by atoms with Crippen LogP contribution in [0.5, 0.6) is 0 Å². The zero-order valence-corrected chi connectivity index (χ0v) is 11.8. The van der Waals surface area contributed by atoms with E-state index in [9.17, 15) is 0 Å². The number of thiocarbonyl (C=S) groups is 1. The van der Waals surface area contributed by atoms with Crippen molar-refractivity contribution in [2.45, 2.75) is 0 Å². The number of rotatable bonds is 5. The van der Waals surface area contributed by atoms with Crippen LogP contribution >= 0.6 is 28.1 Å². The minimum absolute atomic E-state index is 0.480. The lowest BCUT2D eigenvalue weighted by Gasteiger charge is -2.05. The molecule has 2 N–H and O–H groups in total. The highest BCUT2D eigenvalue weighted by molar-refractivity contribution is 9.10. The highest BCUT2D eigenvalue weighted by Gasteiger charge is 1.92. The van der Waals surface area contributed by atoms with Crippen LogP contribution in [-0.2, 0) is 4.74 Å². The molecule has 4 nitrogen and oxygen atoms in total. The van der Waals surface area contributed by atoms with Gasteiger partial charge in [-0.3, -0.25) is 5.43 Å². The molecule has 0 aliphatic carbocycles. The number of hydrogen-bond acceptors (Lipinski definition) is 3. The van der Waals surface area contributed by atoms with Crippen LogP contribution in [0.1, 0.15) is 5.56 Å². The predicted molar refractivity (Wildman–Crippen MR) is 77.3 cm³/mol. The Kier molecular flexibility index (Phi) is 6.76. The SMILES string of the molecule is COCCNC(=S)N/N=C/c1cccc(Br)c1. The molecule has 0 spiro atoms. The summed E-state index contributed by atoms with van der Waals surface area (Å²) in [5, 5.41) is 7.45. The molecule has 0 heterocycles. The van der Waals surface area contributed by atoms with Crippen LogP contribution in [0, 0.1) is 0 Å². The third kappa shape index (κ3) is 6.35. The third-order valence-electron chi connectivity index (χ3n) is 1.82. The highest BCUT2D eigenvalue weighted by Crippen LogP contribution is 2.09. The summed E-state index contributed by atoms with van der Waals surface area (Å²) in [4.78, 5) is 0. The number of halogens is 1. The molecule has 0 bridgehead atoms. The van der Waals surface area contributed by atoms with E-state index in [-0.39, 0.29) is 0 Å².